The first kappa shape index (κ1) is 15.4. The summed E-state index contributed by atoms with van der Waals surface area (Å²) in [5.41, 5.74) is 2.00. The van der Waals surface area contributed by atoms with Gasteiger partial charge in [-0.2, -0.15) is 0 Å². The SMILES string of the molecule is COc1ccc2[nH]cc([C@@H](O)CN3C[C@H](C)C[C@H](C)C3)c2c1. The van der Waals surface area contributed by atoms with Crippen molar-refractivity contribution in [3.8, 4) is 5.75 Å². The van der Waals surface area contributed by atoms with Crippen molar-refractivity contribution in [2.75, 3.05) is 26.7 Å². The lowest BCUT2D eigenvalue weighted by atomic mass is 9.91. The summed E-state index contributed by atoms with van der Waals surface area (Å²) in [6.07, 6.45) is 2.74. The Morgan fingerprint density at radius 3 is 2.73 bits per heavy atom. The van der Waals surface area contributed by atoms with Gasteiger partial charge in [-0.05, 0) is 36.5 Å². The van der Waals surface area contributed by atoms with Crippen LogP contribution in [-0.4, -0.2) is 41.7 Å². The lowest BCUT2D eigenvalue weighted by molar-refractivity contribution is 0.0706. The quantitative estimate of drug-likeness (QED) is 0.912. The van der Waals surface area contributed by atoms with Crippen LogP contribution in [0, 0.1) is 11.8 Å². The Labute approximate surface area is 132 Å². The number of nitrogens with one attached hydrogen (secondary N) is 1. The molecule has 4 nitrogen and oxygen atoms in total. The van der Waals surface area contributed by atoms with Crippen molar-refractivity contribution < 1.29 is 9.84 Å². The van der Waals surface area contributed by atoms with Gasteiger partial charge >= 0.3 is 0 Å². The van der Waals surface area contributed by atoms with Gasteiger partial charge in [0.15, 0.2) is 0 Å². The molecular weight excluding hydrogens is 276 g/mol. The highest BCUT2D eigenvalue weighted by atomic mass is 16.5. The number of aromatic nitrogens is 1. The molecule has 3 atom stereocenters. The molecule has 1 aliphatic heterocycles. The summed E-state index contributed by atoms with van der Waals surface area (Å²) in [5, 5.41) is 11.7. The number of fused-ring (bicyclic) bond motifs is 1. The fourth-order valence-corrected chi connectivity index (χ4v) is 3.81. The number of aromatic amines is 1. The molecule has 0 spiro atoms. The molecule has 1 saturated heterocycles. The number of rotatable bonds is 4. The van der Waals surface area contributed by atoms with Crippen LogP contribution in [0.1, 0.15) is 31.9 Å². The van der Waals surface area contributed by atoms with Gasteiger partial charge in [0.2, 0.25) is 0 Å². The van der Waals surface area contributed by atoms with Crippen molar-refractivity contribution in [1.82, 2.24) is 9.88 Å². The highest BCUT2D eigenvalue weighted by Crippen LogP contribution is 2.29. The summed E-state index contributed by atoms with van der Waals surface area (Å²) < 4.78 is 5.30. The van der Waals surface area contributed by atoms with Gasteiger partial charge in [-0.3, -0.25) is 4.90 Å². The molecule has 0 radical (unpaired) electrons. The van der Waals surface area contributed by atoms with Crippen molar-refractivity contribution in [2.45, 2.75) is 26.4 Å². The minimum Gasteiger partial charge on any atom is -0.497 e. The summed E-state index contributed by atoms with van der Waals surface area (Å²) in [6, 6.07) is 5.92. The number of β-amino-alcohol motifs (C(OH)–C–C–N with tert-alkyl or cyclic N) is 1. The van der Waals surface area contributed by atoms with E-state index >= 15 is 0 Å². The molecule has 3 rings (SSSR count). The predicted molar refractivity (Wildman–Crippen MR) is 89.2 cm³/mol. The lowest BCUT2D eigenvalue weighted by Crippen LogP contribution is -2.40. The van der Waals surface area contributed by atoms with E-state index in [4.69, 9.17) is 4.74 Å². The monoisotopic (exact) mass is 302 g/mol. The molecule has 120 valence electrons. The first-order valence-corrected chi connectivity index (χ1v) is 8.12. The number of hydrogen-bond acceptors (Lipinski definition) is 3. The van der Waals surface area contributed by atoms with Crippen molar-refractivity contribution in [3.05, 3.63) is 30.0 Å². The van der Waals surface area contributed by atoms with E-state index in [0.29, 0.717) is 18.4 Å². The highest BCUT2D eigenvalue weighted by Gasteiger charge is 2.24. The molecule has 1 aliphatic rings. The molecule has 0 saturated carbocycles. The number of aliphatic hydroxyl groups excluding tert-OH is 1. The van der Waals surface area contributed by atoms with Crippen LogP contribution in [-0.2, 0) is 0 Å². The lowest BCUT2D eigenvalue weighted by Gasteiger charge is -2.36. The number of nitrogens with zero attached hydrogens (tertiary/aromatic N) is 1. The molecule has 0 bridgehead atoms. The zero-order valence-corrected chi connectivity index (χ0v) is 13.7. The van der Waals surface area contributed by atoms with Gasteiger partial charge in [0, 0.05) is 42.3 Å². The van der Waals surface area contributed by atoms with Crippen molar-refractivity contribution in [2.24, 2.45) is 11.8 Å². The molecule has 0 aliphatic carbocycles. The van der Waals surface area contributed by atoms with E-state index in [1.54, 1.807) is 7.11 Å². The maximum atomic E-state index is 10.7. The van der Waals surface area contributed by atoms with Gasteiger partial charge in [-0.25, -0.2) is 0 Å². The molecule has 4 heteroatoms. The molecule has 2 aromatic rings. The number of benzene rings is 1. The number of piperidine rings is 1. The van der Waals surface area contributed by atoms with Crippen LogP contribution in [0.5, 0.6) is 5.75 Å². The average molecular weight is 302 g/mol. The Balaban J connectivity index is 1.78. The highest BCUT2D eigenvalue weighted by molar-refractivity contribution is 5.85. The number of aliphatic hydroxyl groups is 1. The number of hydrogen-bond donors (Lipinski definition) is 2. The molecule has 22 heavy (non-hydrogen) atoms. The smallest absolute Gasteiger partial charge is 0.119 e. The van der Waals surface area contributed by atoms with Gasteiger partial charge in [-0.15, -0.1) is 0 Å². The Kier molecular flexibility index (Phi) is 4.41. The molecule has 0 unspecified atom stereocenters. The van der Waals surface area contributed by atoms with Crippen LogP contribution in [0.4, 0.5) is 0 Å². The van der Waals surface area contributed by atoms with Gasteiger partial charge in [-0.1, -0.05) is 13.8 Å². The number of methoxy groups -OCH3 is 1. The van der Waals surface area contributed by atoms with Crippen LogP contribution >= 0.6 is 0 Å². The van der Waals surface area contributed by atoms with Gasteiger partial charge in [0.25, 0.3) is 0 Å². The van der Waals surface area contributed by atoms with Crippen LogP contribution < -0.4 is 4.74 Å². The molecule has 1 aromatic heterocycles. The standard InChI is InChI=1S/C18H26N2O2/c1-12-6-13(2)10-20(9-12)11-18(21)16-8-19-17-5-4-14(22-3)7-15(16)17/h4-5,7-8,12-13,18-19,21H,6,9-11H2,1-3H3/t12-,13+,18-/m0/s1. The van der Waals surface area contributed by atoms with Crippen LogP contribution in [0.25, 0.3) is 10.9 Å². The van der Waals surface area contributed by atoms with E-state index < -0.39 is 6.10 Å². The van der Waals surface area contributed by atoms with Gasteiger partial charge < -0.3 is 14.8 Å². The Bertz CT molecular complexity index is 627. The molecular formula is C18H26N2O2. The summed E-state index contributed by atoms with van der Waals surface area (Å²) in [4.78, 5) is 5.63. The Hall–Kier alpha value is -1.52. The van der Waals surface area contributed by atoms with Crippen molar-refractivity contribution >= 4 is 10.9 Å². The second-order valence-corrected chi connectivity index (χ2v) is 6.84. The molecule has 1 aromatic carbocycles. The maximum Gasteiger partial charge on any atom is 0.119 e. The third kappa shape index (κ3) is 3.13. The maximum absolute atomic E-state index is 10.7. The fourth-order valence-electron chi connectivity index (χ4n) is 3.81. The van der Waals surface area contributed by atoms with E-state index in [1.807, 2.05) is 24.4 Å². The summed E-state index contributed by atoms with van der Waals surface area (Å²) in [6.45, 7) is 7.44. The molecule has 2 N–H and O–H groups in total. The summed E-state index contributed by atoms with van der Waals surface area (Å²) in [7, 11) is 1.67. The first-order valence-electron chi connectivity index (χ1n) is 8.12. The van der Waals surface area contributed by atoms with E-state index in [0.717, 1.165) is 35.3 Å². The Morgan fingerprint density at radius 2 is 2.05 bits per heavy atom. The number of ether oxygens (including phenoxy) is 1. The summed E-state index contributed by atoms with van der Waals surface area (Å²) >= 11 is 0. The molecule has 2 heterocycles. The van der Waals surface area contributed by atoms with Crippen molar-refractivity contribution in [1.29, 1.82) is 0 Å². The van der Waals surface area contributed by atoms with E-state index in [9.17, 15) is 5.11 Å². The topological polar surface area (TPSA) is 48.5 Å². The third-order valence-electron chi connectivity index (χ3n) is 4.66. The van der Waals surface area contributed by atoms with Crippen LogP contribution in [0.15, 0.2) is 24.4 Å². The van der Waals surface area contributed by atoms with E-state index in [2.05, 4.69) is 23.7 Å². The first-order chi connectivity index (χ1) is 10.6. The van der Waals surface area contributed by atoms with Crippen LogP contribution in [0.3, 0.4) is 0 Å². The minimum absolute atomic E-state index is 0.474. The van der Waals surface area contributed by atoms with Gasteiger partial charge in [0.1, 0.15) is 5.75 Å². The normalized spacial score (nSPS) is 24.5. The second kappa shape index (κ2) is 6.31. The zero-order valence-electron chi connectivity index (χ0n) is 13.7. The van der Waals surface area contributed by atoms with E-state index in [1.165, 1.54) is 6.42 Å². The number of likely N-dealkylation sites (tertiary alicyclic amines) is 1. The largest absolute Gasteiger partial charge is 0.497 e. The van der Waals surface area contributed by atoms with E-state index in [-0.39, 0.29) is 0 Å². The Morgan fingerprint density at radius 1 is 1.32 bits per heavy atom. The van der Waals surface area contributed by atoms with Gasteiger partial charge in [0.05, 0.1) is 13.2 Å². The minimum atomic E-state index is -0.474. The molecule has 0 amide bonds. The average Bonchev–Trinajstić information content (AvgIpc) is 2.88. The summed E-state index contributed by atoms with van der Waals surface area (Å²) in [5.74, 6) is 2.23. The predicted octanol–water partition coefficient (Wildman–Crippen LogP) is 3.19. The number of H-pyrrole nitrogens is 1. The fraction of sp³-hybridized carbons (Fsp3) is 0.556. The van der Waals surface area contributed by atoms with Crippen LogP contribution in [0.2, 0.25) is 0 Å². The third-order valence-corrected chi connectivity index (χ3v) is 4.66. The second-order valence-electron chi connectivity index (χ2n) is 6.84. The van der Waals surface area contributed by atoms with Crippen molar-refractivity contribution in [3.63, 3.8) is 0 Å². The molecule has 1 fully saturated rings. The zero-order chi connectivity index (χ0) is 15.7.